The van der Waals surface area contributed by atoms with Crippen LogP contribution in [0.15, 0.2) is 18.2 Å². The zero-order valence-electron chi connectivity index (χ0n) is 10.8. The van der Waals surface area contributed by atoms with E-state index < -0.39 is 11.5 Å². The van der Waals surface area contributed by atoms with E-state index in [-0.39, 0.29) is 12.4 Å². The molecule has 1 N–H and O–H groups in total. The summed E-state index contributed by atoms with van der Waals surface area (Å²) in [6.07, 6.45) is 2.41. The van der Waals surface area contributed by atoms with Gasteiger partial charge in [-0.05, 0) is 50.9 Å². The molecule has 1 aliphatic rings. The Kier molecular flexibility index (Phi) is 4.11. The van der Waals surface area contributed by atoms with Gasteiger partial charge in [0, 0.05) is 17.1 Å². The van der Waals surface area contributed by atoms with E-state index in [1.165, 1.54) is 12.1 Å². The molecular formula is C14H17ClFNO2. The molecule has 1 aliphatic heterocycles. The van der Waals surface area contributed by atoms with Crippen molar-refractivity contribution < 1.29 is 14.3 Å². The summed E-state index contributed by atoms with van der Waals surface area (Å²) < 4.78 is 13.7. The minimum absolute atomic E-state index is 0.273. The van der Waals surface area contributed by atoms with Crippen molar-refractivity contribution >= 4 is 17.6 Å². The van der Waals surface area contributed by atoms with Crippen LogP contribution in [0, 0.1) is 5.82 Å². The van der Waals surface area contributed by atoms with Crippen LogP contribution in [0.5, 0.6) is 0 Å². The maximum atomic E-state index is 13.7. The second-order valence-electron chi connectivity index (χ2n) is 5.19. The van der Waals surface area contributed by atoms with Crippen LogP contribution >= 0.6 is 11.6 Å². The summed E-state index contributed by atoms with van der Waals surface area (Å²) in [4.78, 5) is 13.3. The van der Waals surface area contributed by atoms with Gasteiger partial charge in [0.05, 0.1) is 0 Å². The summed E-state index contributed by atoms with van der Waals surface area (Å²) in [5.41, 5.74) is -0.477. The molecule has 104 valence electrons. The number of carbonyl (C=O) groups is 1. The Labute approximate surface area is 117 Å². The van der Waals surface area contributed by atoms with E-state index >= 15 is 0 Å². The van der Waals surface area contributed by atoms with Crippen molar-refractivity contribution in [2.45, 2.75) is 38.3 Å². The number of likely N-dealkylation sites (tertiary alicyclic amines) is 1. The van der Waals surface area contributed by atoms with Crippen LogP contribution in [0.1, 0.15) is 31.7 Å². The zero-order chi connectivity index (χ0) is 14.0. The Hall–Kier alpha value is -1.13. The van der Waals surface area contributed by atoms with Crippen molar-refractivity contribution in [1.82, 2.24) is 4.90 Å². The highest BCUT2D eigenvalue weighted by Gasteiger charge is 2.41. The van der Waals surface area contributed by atoms with Gasteiger partial charge in [0.15, 0.2) is 0 Å². The largest absolute Gasteiger partial charge is 0.480 e. The van der Waals surface area contributed by atoms with E-state index in [2.05, 4.69) is 0 Å². The molecule has 1 aromatic carbocycles. The van der Waals surface area contributed by atoms with Gasteiger partial charge in [0.1, 0.15) is 11.4 Å². The summed E-state index contributed by atoms with van der Waals surface area (Å²) in [7, 11) is 0. The van der Waals surface area contributed by atoms with Crippen LogP contribution in [-0.2, 0) is 11.3 Å². The number of benzene rings is 1. The maximum absolute atomic E-state index is 13.7. The van der Waals surface area contributed by atoms with E-state index in [4.69, 9.17) is 11.6 Å². The normalized spacial score (nSPS) is 24.4. The number of piperidine rings is 1. The average Bonchev–Trinajstić information content (AvgIpc) is 2.36. The van der Waals surface area contributed by atoms with Gasteiger partial charge < -0.3 is 5.11 Å². The van der Waals surface area contributed by atoms with Crippen LogP contribution in [0.4, 0.5) is 4.39 Å². The molecule has 1 unspecified atom stereocenters. The quantitative estimate of drug-likeness (QED) is 0.926. The Morgan fingerprint density at radius 3 is 2.95 bits per heavy atom. The number of carboxylic acid groups (broad SMARTS) is 1. The first-order chi connectivity index (χ1) is 8.93. The lowest BCUT2D eigenvalue weighted by Gasteiger charge is -2.41. The predicted octanol–water partition coefficient (Wildman–Crippen LogP) is 3.31. The molecule has 1 atom stereocenters. The van der Waals surface area contributed by atoms with Gasteiger partial charge in [0.25, 0.3) is 0 Å². The van der Waals surface area contributed by atoms with Crippen LogP contribution in [0.25, 0.3) is 0 Å². The van der Waals surface area contributed by atoms with Crippen LogP contribution < -0.4 is 0 Å². The van der Waals surface area contributed by atoms with Gasteiger partial charge in [-0.2, -0.15) is 0 Å². The zero-order valence-corrected chi connectivity index (χ0v) is 11.6. The Morgan fingerprint density at radius 1 is 1.53 bits per heavy atom. The molecule has 0 aromatic heterocycles. The molecule has 0 saturated carbocycles. The number of hydrogen-bond acceptors (Lipinski definition) is 2. The standard InChI is InChI=1S/C14H17ClFNO2/c1-14(13(18)19)6-2-3-7-17(14)9-10-8-11(15)4-5-12(10)16/h4-5,8H,2-3,6-7,9H2,1H3,(H,18,19). The summed E-state index contributed by atoms with van der Waals surface area (Å²) in [6.45, 7) is 2.64. The third-order valence-corrected chi connectivity index (χ3v) is 4.10. The number of nitrogens with zero attached hydrogens (tertiary/aromatic N) is 1. The highest BCUT2D eigenvalue weighted by molar-refractivity contribution is 6.30. The first-order valence-corrected chi connectivity index (χ1v) is 6.73. The van der Waals surface area contributed by atoms with Gasteiger partial charge >= 0.3 is 5.97 Å². The van der Waals surface area contributed by atoms with Gasteiger partial charge in [-0.1, -0.05) is 11.6 Å². The number of aliphatic carboxylic acids is 1. The van der Waals surface area contributed by atoms with Gasteiger partial charge in [-0.3, -0.25) is 9.69 Å². The molecule has 5 heteroatoms. The lowest BCUT2D eigenvalue weighted by Crippen LogP contribution is -2.54. The molecule has 3 nitrogen and oxygen atoms in total. The van der Waals surface area contributed by atoms with E-state index in [1.54, 1.807) is 13.0 Å². The lowest BCUT2D eigenvalue weighted by molar-refractivity contribution is -0.153. The average molecular weight is 286 g/mol. The van der Waals surface area contributed by atoms with Crippen LogP contribution in [-0.4, -0.2) is 28.1 Å². The summed E-state index contributed by atoms with van der Waals surface area (Å²) in [5.74, 6) is -1.20. The van der Waals surface area contributed by atoms with Crippen molar-refractivity contribution in [3.63, 3.8) is 0 Å². The number of rotatable bonds is 3. The lowest BCUT2D eigenvalue weighted by atomic mass is 9.88. The second kappa shape index (κ2) is 5.47. The third kappa shape index (κ3) is 2.90. The Bertz CT molecular complexity index is 494. The Morgan fingerprint density at radius 2 is 2.26 bits per heavy atom. The summed E-state index contributed by atoms with van der Waals surface area (Å²) in [5, 5.41) is 9.87. The van der Waals surface area contributed by atoms with Gasteiger partial charge in [-0.15, -0.1) is 0 Å². The van der Waals surface area contributed by atoms with E-state index in [9.17, 15) is 14.3 Å². The molecular weight excluding hydrogens is 269 g/mol. The highest BCUT2D eigenvalue weighted by Crippen LogP contribution is 2.30. The Balaban J connectivity index is 2.25. The van der Waals surface area contributed by atoms with Crippen molar-refractivity contribution in [1.29, 1.82) is 0 Å². The van der Waals surface area contributed by atoms with Crippen molar-refractivity contribution in [3.8, 4) is 0 Å². The van der Waals surface area contributed by atoms with Crippen LogP contribution in [0.3, 0.4) is 0 Å². The van der Waals surface area contributed by atoms with Gasteiger partial charge in [0.2, 0.25) is 0 Å². The fourth-order valence-corrected chi connectivity index (χ4v) is 2.74. The fourth-order valence-electron chi connectivity index (χ4n) is 2.54. The van der Waals surface area contributed by atoms with Crippen molar-refractivity contribution in [2.24, 2.45) is 0 Å². The molecule has 1 aromatic rings. The maximum Gasteiger partial charge on any atom is 0.323 e. The summed E-state index contributed by atoms with van der Waals surface area (Å²) in [6, 6.07) is 4.38. The van der Waals surface area contributed by atoms with Gasteiger partial charge in [-0.25, -0.2) is 4.39 Å². The topological polar surface area (TPSA) is 40.5 Å². The molecule has 0 spiro atoms. The molecule has 0 radical (unpaired) electrons. The smallest absolute Gasteiger partial charge is 0.323 e. The first-order valence-electron chi connectivity index (χ1n) is 6.36. The van der Waals surface area contributed by atoms with E-state index in [0.717, 1.165) is 12.8 Å². The molecule has 0 amide bonds. The first kappa shape index (κ1) is 14.3. The minimum atomic E-state index is -0.924. The summed E-state index contributed by atoms with van der Waals surface area (Å²) >= 11 is 5.87. The highest BCUT2D eigenvalue weighted by atomic mass is 35.5. The molecule has 1 saturated heterocycles. The number of carboxylic acids is 1. The monoisotopic (exact) mass is 285 g/mol. The number of halogens is 2. The van der Waals surface area contributed by atoms with Crippen molar-refractivity contribution in [2.75, 3.05) is 6.54 Å². The molecule has 2 rings (SSSR count). The van der Waals surface area contributed by atoms with E-state index in [1.807, 2.05) is 4.90 Å². The molecule has 0 bridgehead atoms. The van der Waals surface area contributed by atoms with E-state index in [0.29, 0.717) is 23.6 Å². The fraction of sp³-hybridized carbons (Fsp3) is 0.500. The predicted molar refractivity (Wildman–Crippen MR) is 71.7 cm³/mol. The van der Waals surface area contributed by atoms with Crippen LogP contribution in [0.2, 0.25) is 5.02 Å². The second-order valence-corrected chi connectivity index (χ2v) is 5.63. The SMILES string of the molecule is CC1(C(=O)O)CCCCN1Cc1cc(Cl)ccc1F. The minimum Gasteiger partial charge on any atom is -0.480 e. The molecule has 0 aliphatic carbocycles. The third-order valence-electron chi connectivity index (χ3n) is 3.87. The molecule has 1 fully saturated rings. The van der Waals surface area contributed by atoms with Crippen molar-refractivity contribution in [3.05, 3.63) is 34.6 Å². The number of hydrogen-bond donors (Lipinski definition) is 1. The molecule has 19 heavy (non-hydrogen) atoms. The molecule has 1 heterocycles.